The number of aromatic amines is 1. The van der Waals surface area contributed by atoms with Crippen LogP contribution >= 0.6 is 0 Å². The highest BCUT2D eigenvalue weighted by molar-refractivity contribution is 5.90. The molecule has 1 heterocycles. The minimum absolute atomic E-state index is 0.108. The second-order valence-electron chi connectivity index (χ2n) is 7.62. The number of fused-ring (bicyclic) bond motifs is 1. The third kappa shape index (κ3) is 5.26. The van der Waals surface area contributed by atoms with Gasteiger partial charge in [0.15, 0.2) is 0 Å². The number of benzene rings is 2. The van der Waals surface area contributed by atoms with Crippen molar-refractivity contribution in [3.8, 4) is 0 Å². The number of nitrogens with one attached hydrogen (secondary N) is 1. The summed E-state index contributed by atoms with van der Waals surface area (Å²) in [5.74, 6) is 0.443. The van der Waals surface area contributed by atoms with Crippen molar-refractivity contribution >= 4 is 22.8 Å². The fourth-order valence-electron chi connectivity index (χ4n) is 2.84. The standard InChI is InChI=1S/C22H24N2O3/c1-22(2,3)27-21(26)16-8-6-7-15(13-16)11-12-17(25)14-20-23-18-9-4-5-10-19(18)24-20/h4-10,13H,11-12,14H2,1-3H3,(H,23,24). The summed E-state index contributed by atoms with van der Waals surface area (Å²) >= 11 is 0. The van der Waals surface area contributed by atoms with Gasteiger partial charge in [-0.15, -0.1) is 0 Å². The van der Waals surface area contributed by atoms with Gasteiger partial charge < -0.3 is 9.72 Å². The van der Waals surface area contributed by atoms with E-state index in [1.807, 2.05) is 57.2 Å². The Morgan fingerprint density at radius 2 is 1.85 bits per heavy atom. The highest BCUT2D eigenvalue weighted by Gasteiger charge is 2.18. The van der Waals surface area contributed by atoms with Crippen molar-refractivity contribution in [2.75, 3.05) is 0 Å². The molecule has 0 amide bonds. The first-order valence-electron chi connectivity index (χ1n) is 9.08. The zero-order valence-electron chi connectivity index (χ0n) is 15.9. The lowest BCUT2D eigenvalue weighted by Gasteiger charge is -2.19. The van der Waals surface area contributed by atoms with Crippen LogP contribution in [0.1, 0.15) is 48.9 Å². The van der Waals surface area contributed by atoms with Gasteiger partial charge in [-0.3, -0.25) is 4.79 Å². The fourth-order valence-corrected chi connectivity index (χ4v) is 2.84. The van der Waals surface area contributed by atoms with Gasteiger partial charge in [-0.1, -0.05) is 24.3 Å². The van der Waals surface area contributed by atoms with Crippen LogP contribution in [-0.4, -0.2) is 27.3 Å². The predicted molar refractivity (Wildman–Crippen MR) is 105 cm³/mol. The topological polar surface area (TPSA) is 72.1 Å². The van der Waals surface area contributed by atoms with Crippen LogP contribution in [0, 0.1) is 0 Å². The number of H-pyrrole nitrogens is 1. The predicted octanol–water partition coefficient (Wildman–Crippen LogP) is 4.26. The molecule has 1 aromatic heterocycles. The highest BCUT2D eigenvalue weighted by atomic mass is 16.6. The van der Waals surface area contributed by atoms with Crippen LogP contribution in [0.15, 0.2) is 48.5 Å². The summed E-state index contributed by atoms with van der Waals surface area (Å²) in [6.45, 7) is 5.52. The van der Waals surface area contributed by atoms with Gasteiger partial charge in [0.1, 0.15) is 17.2 Å². The number of aromatic nitrogens is 2. The zero-order valence-corrected chi connectivity index (χ0v) is 15.9. The van der Waals surface area contributed by atoms with Crippen LogP contribution < -0.4 is 0 Å². The van der Waals surface area contributed by atoms with Gasteiger partial charge in [-0.05, 0) is 57.0 Å². The molecule has 3 aromatic rings. The quantitative estimate of drug-likeness (QED) is 0.663. The normalized spacial score (nSPS) is 11.5. The lowest BCUT2D eigenvalue weighted by Crippen LogP contribution is -2.23. The Morgan fingerprint density at radius 3 is 2.59 bits per heavy atom. The third-order valence-corrected chi connectivity index (χ3v) is 4.06. The fraction of sp³-hybridized carbons (Fsp3) is 0.318. The molecular weight excluding hydrogens is 340 g/mol. The molecule has 0 saturated heterocycles. The van der Waals surface area contributed by atoms with Crippen LogP contribution in [0.2, 0.25) is 0 Å². The molecule has 0 aliphatic carbocycles. The van der Waals surface area contributed by atoms with Gasteiger partial charge in [-0.25, -0.2) is 9.78 Å². The number of para-hydroxylation sites is 2. The van der Waals surface area contributed by atoms with Crippen molar-refractivity contribution < 1.29 is 14.3 Å². The molecule has 5 nitrogen and oxygen atoms in total. The number of ether oxygens (including phenoxy) is 1. The number of carbonyl (C=O) groups is 2. The first-order valence-corrected chi connectivity index (χ1v) is 9.08. The summed E-state index contributed by atoms with van der Waals surface area (Å²) < 4.78 is 5.39. The molecule has 0 spiro atoms. The number of carbonyl (C=O) groups excluding carboxylic acids is 2. The largest absolute Gasteiger partial charge is 0.456 e. The highest BCUT2D eigenvalue weighted by Crippen LogP contribution is 2.15. The van der Waals surface area contributed by atoms with E-state index in [9.17, 15) is 9.59 Å². The number of nitrogens with zero attached hydrogens (tertiary/aromatic N) is 1. The lowest BCUT2D eigenvalue weighted by molar-refractivity contribution is -0.118. The van der Waals surface area contributed by atoms with Gasteiger partial charge in [0.2, 0.25) is 0 Å². The van der Waals surface area contributed by atoms with Crippen LogP contribution in [0.5, 0.6) is 0 Å². The minimum Gasteiger partial charge on any atom is -0.456 e. The smallest absolute Gasteiger partial charge is 0.338 e. The van der Waals surface area contributed by atoms with E-state index in [4.69, 9.17) is 4.74 Å². The average molecular weight is 364 g/mol. The Kier molecular flexibility index (Phi) is 5.40. The van der Waals surface area contributed by atoms with E-state index in [2.05, 4.69) is 9.97 Å². The van der Waals surface area contributed by atoms with Crippen molar-refractivity contribution in [3.63, 3.8) is 0 Å². The Balaban J connectivity index is 1.58. The molecule has 0 bridgehead atoms. The Hall–Kier alpha value is -2.95. The number of esters is 1. The van der Waals surface area contributed by atoms with E-state index >= 15 is 0 Å². The maximum Gasteiger partial charge on any atom is 0.338 e. The number of hydrogen-bond acceptors (Lipinski definition) is 4. The summed E-state index contributed by atoms with van der Waals surface area (Å²) in [4.78, 5) is 32.1. The number of aryl methyl sites for hydroxylation is 1. The molecule has 0 unspecified atom stereocenters. The number of imidazole rings is 1. The second-order valence-corrected chi connectivity index (χ2v) is 7.62. The molecule has 2 aromatic carbocycles. The SMILES string of the molecule is CC(C)(C)OC(=O)c1cccc(CCC(=O)Cc2nc3ccccc3[nH]2)c1. The zero-order chi connectivity index (χ0) is 19.4. The number of hydrogen-bond donors (Lipinski definition) is 1. The molecule has 1 N–H and O–H groups in total. The molecule has 0 aliphatic rings. The average Bonchev–Trinajstić information content (AvgIpc) is 3.01. The van der Waals surface area contributed by atoms with E-state index in [-0.39, 0.29) is 18.2 Å². The van der Waals surface area contributed by atoms with Gasteiger partial charge in [-0.2, -0.15) is 0 Å². The van der Waals surface area contributed by atoms with E-state index in [0.29, 0.717) is 24.2 Å². The summed E-state index contributed by atoms with van der Waals surface area (Å²) in [5.41, 5.74) is 2.72. The lowest BCUT2D eigenvalue weighted by atomic mass is 10.0. The molecule has 0 fully saturated rings. The van der Waals surface area contributed by atoms with E-state index in [0.717, 1.165) is 16.6 Å². The van der Waals surface area contributed by atoms with Crippen molar-refractivity contribution in [3.05, 3.63) is 65.5 Å². The molecule has 3 rings (SSSR count). The van der Waals surface area contributed by atoms with E-state index < -0.39 is 5.60 Å². The minimum atomic E-state index is -0.532. The monoisotopic (exact) mass is 364 g/mol. The van der Waals surface area contributed by atoms with Crippen molar-refractivity contribution in [1.82, 2.24) is 9.97 Å². The van der Waals surface area contributed by atoms with Crippen LogP contribution in [0.3, 0.4) is 0 Å². The second kappa shape index (κ2) is 7.74. The van der Waals surface area contributed by atoms with Crippen LogP contribution in [0.4, 0.5) is 0 Å². The number of ketones is 1. The summed E-state index contributed by atoms with van der Waals surface area (Å²) in [7, 11) is 0. The van der Waals surface area contributed by atoms with E-state index in [1.54, 1.807) is 12.1 Å². The van der Waals surface area contributed by atoms with Crippen molar-refractivity contribution in [1.29, 1.82) is 0 Å². The third-order valence-electron chi connectivity index (χ3n) is 4.06. The molecule has 140 valence electrons. The molecule has 27 heavy (non-hydrogen) atoms. The molecule has 0 aliphatic heterocycles. The molecule has 0 saturated carbocycles. The summed E-state index contributed by atoms with van der Waals surface area (Å²) in [5, 5.41) is 0. The Morgan fingerprint density at radius 1 is 1.07 bits per heavy atom. The molecule has 5 heteroatoms. The summed E-state index contributed by atoms with van der Waals surface area (Å²) in [6.07, 6.45) is 1.25. The first kappa shape index (κ1) is 18.8. The van der Waals surface area contributed by atoms with Crippen LogP contribution in [-0.2, 0) is 22.4 Å². The van der Waals surface area contributed by atoms with Gasteiger partial charge in [0.05, 0.1) is 23.0 Å². The van der Waals surface area contributed by atoms with Gasteiger partial charge in [0, 0.05) is 6.42 Å². The van der Waals surface area contributed by atoms with Crippen LogP contribution in [0.25, 0.3) is 11.0 Å². The summed E-state index contributed by atoms with van der Waals surface area (Å²) in [6, 6.07) is 15.0. The Bertz CT molecular complexity index is 934. The number of rotatable bonds is 6. The van der Waals surface area contributed by atoms with Gasteiger partial charge >= 0.3 is 5.97 Å². The van der Waals surface area contributed by atoms with Crippen molar-refractivity contribution in [2.24, 2.45) is 0 Å². The maximum atomic E-state index is 12.3. The molecular formula is C22H24N2O3. The van der Waals surface area contributed by atoms with E-state index in [1.165, 1.54) is 0 Å². The number of Topliss-reactive ketones (excluding diaryl/α,β-unsaturated/α-hetero) is 1. The first-order chi connectivity index (χ1) is 12.8. The van der Waals surface area contributed by atoms with Gasteiger partial charge in [0.25, 0.3) is 0 Å². The maximum absolute atomic E-state index is 12.3. The van der Waals surface area contributed by atoms with Crippen molar-refractivity contribution in [2.45, 2.75) is 45.6 Å². The Labute approximate surface area is 158 Å². The molecule has 0 radical (unpaired) electrons. The molecule has 0 atom stereocenters.